The second-order valence-corrected chi connectivity index (χ2v) is 7.60. The molecule has 0 unspecified atom stereocenters. The van der Waals surface area contributed by atoms with E-state index in [0.717, 1.165) is 64.6 Å². The molecular formula is C18H28N6O. The van der Waals surface area contributed by atoms with Gasteiger partial charge in [-0.05, 0) is 50.3 Å². The number of amides is 1. The number of nitrogens with one attached hydrogen (secondary N) is 2. The summed E-state index contributed by atoms with van der Waals surface area (Å²) in [6, 6.07) is 1.83. The highest BCUT2D eigenvalue weighted by Crippen LogP contribution is 2.37. The van der Waals surface area contributed by atoms with Crippen LogP contribution in [0.4, 0.5) is 5.95 Å². The molecule has 1 atom stereocenters. The summed E-state index contributed by atoms with van der Waals surface area (Å²) >= 11 is 0. The van der Waals surface area contributed by atoms with E-state index in [9.17, 15) is 4.79 Å². The van der Waals surface area contributed by atoms with Crippen molar-refractivity contribution in [2.45, 2.75) is 31.7 Å². The summed E-state index contributed by atoms with van der Waals surface area (Å²) < 4.78 is 0. The van der Waals surface area contributed by atoms with Crippen molar-refractivity contribution < 1.29 is 4.79 Å². The van der Waals surface area contributed by atoms with Crippen molar-refractivity contribution in [3.8, 4) is 0 Å². The summed E-state index contributed by atoms with van der Waals surface area (Å²) in [7, 11) is 0. The molecule has 2 N–H and O–H groups in total. The van der Waals surface area contributed by atoms with E-state index in [2.05, 4.69) is 25.5 Å². The number of carbonyl (C=O) groups excluding carboxylic acids is 1. The van der Waals surface area contributed by atoms with Crippen LogP contribution in [-0.2, 0) is 4.79 Å². The minimum absolute atomic E-state index is 0.00220. The van der Waals surface area contributed by atoms with E-state index in [1.54, 1.807) is 12.4 Å². The van der Waals surface area contributed by atoms with Gasteiger partial charge in [0.15, 0.2) is 0 Å². The predicted octanol–water partition coefficient (Wildman–Crippen LogP) is 0.247. The van der Waals surface area contributed by atoms with Crippen LogP contribution in [0.15, 0.2) is 18.5 Å². The minimum atomic E-state index is -0.00220. The van der Waals surface area contributed by atoms with Gasteiger partial charge in [0.2, 0.25) is 11.9 Å². The monoisotopic (exact) mass is 344 g/mol. The van der Waals surface area contributed by atoms with Crippen molar-refractivity contribution in [3.05, 3.63) is 18.5 Å². The molecule has 3 aliphatic heterocycles. The number of aromatic nitrogens is 2. The molecule has 0 saturated carbocycles. The Morgan fingerprint density at radius 2 is 1.92 bits per heavy atom. The Hall–Kier alpha value is -1.73. The Labute approximate surface area is 149 Å². The molecule has 1 amide bonds. The van der Waals surface area contributed by atoms with Gasteiger partial charge in [-0.3, -0.25) is 4.79 Å². The Morgan fingerprint density at radius 3 is 2.72 bits per heavy atom. The second kappa shape index (κ2) is 7.25. The third-order valence-corrected chi connectivity index (χ3v) is 5.97. The van der Waals surface area contributed by atoms with Crippen molar-refractivity contribution in [3.63, 3.8) is 0 Å². The van der Waals surface area contributed by atoms with Gasteiger partial charge in [-0.25, -0.2) is 9.97 Å². The van der Waals surface area contributed by atoms with Gasteiger partial charge < -0.3 is 20.4 Å². The molecular weight excluding hydrogens is 316 g/mol. The first-order chi connectivity index (χ1) is 12.3. The normalized spacial score (nSPS) is 26.6. The maximum Gasteiger partial charge on any atom is 0.239 e. The molecule has 0 radical (unpaired) electrons. The van der Waals surface area contributed by atoms with E-state index < -0.39 is 0 Å². The fraction of sp³-hybridized carbons (Fsp3) is 0.722. The lowest BCUT2D eigenvalue weighted by Gasteiger charge is -2.33. The summed E-state index contributed by atoms with van der Waals surface area (Å²) in [6.45, 7) is 6.44. The van der Waals surface area contributed by atoms with Crippen molar-refractivity contribution in [1.29, 1.82) is 0 Å². The van der Waals surface area contributed by atoms with Crippen LogP contribution in [0.2, 0.25) is 0 Å². The first-order valence-corrected chi connectivity index (χ1v) is 9.51. The number of anilines is 1. The van der Waals surface area contributed by atoms with E-state index in [0.29, 0.717) is 5.41 Å². The van der Waals surface area contributed by atoms with Gasteiger partial charge in [-0.2, -0.15) is 0 Å². The Morgan fingerprint density at radius 1 is 1.12 bits per heavy atom. The molecule has 3 aliphatic rings. The SMILES string of the molecule is O=C([C@H]1CC2(CCNCC2)CN1)N1CCCN(c2ncccn2)CC1. The molecule has 136 valence electrons. The Kier molecular flexibility index (Phi) is 4.85. The molecule has 0 bridgehead atoms. The van der Waals surface area contributed by atoms with Crippen LogP contribution in [0.1, 0.15) is 25.7 Å². The fourth-order valence-electron chi connectivity index (χ4n) is 4.44. The van der Waals surface area contributed by atoms with Gasteiger partial charge in [0.05, 0.1) is 6.04 Å². The third kappa shape index (κ3) is 3.62. The van der Waals surface area contributed by atoms with Crippen molar-refractivity contribution in [2.75, 3.05) is 50.7 Å². The van der Waals surface area contributed by atoms with E-state index >= 15 is 0 Å². The van der Waals surface area contributed by atoms with Crippen LogP contribution in [0.5, 0.6) is 0 Å². The van der Waals surface area contributed by atoms with Crippen molar-refractivity contribution >= 4 is 11.9 Å². The zero-order valence-electron chi connectivity index (χ0n) is 14.8. The first kappa shape index (κ1) is 16.7. The number of hydrogen-bond donors (Lipinski definition) is 2. The van der Waals surface area contributed by atoms with Crippen LogP contribution >= 0.6 is 0 Å². The quantitative estimate of drug-likeness (QED) is 0.801. The lowest BCUT2D eigenvalue weighted by Crippen LogP contribution is -2.45. The van der Waals surface area contributed by atoms with Crippen LogP contribution in [0, 0.1) is 5.41 Å². The van der Waals surface area contributed by atoms with E-state index in [-0.39, 0.29) is 11.9 Å². The van der Waals surface area contributed by atoms with E-state index in [4.69, 9.17) is 0 Å². The summed E-state index contributed by atoms with van der Waals surface area (Å²) in [5.41, 5.74) is 0.335. The molecule has 25 heavy (non-hydrogen) atoms. The number of nitrogens with zero attached hydrogens (tertiary/aromatic N) is 4. The van der Waals surface area contributed by atoms with Crippen LogP contribution < -0.4 is 15.5 Å². The van der Waals surface area contributed by atoms with Gasteiger partial charge in [0, 0.05) is 45.1 Å². The second-order valence-electron chi connectivity index (χ2n) is 7.60. The Balaban J connectivity index is 1.35. The molecule has 4 heterocycles. The van der Waals surface area contributed by atoms with E-state index in [1.807, 2.05) is 11.0 Å². The largest absolute Gasteiger partial charge is 0.340 e. The van der Waals surface area contributed by atoms with Gasteiger partial charge in [-0.15, -0.1) is 0 Å². The van der Waals surface area contributed by atoms with Crippen molar-refractivity contribution in [2.24, 2.45) is 5.41 Å². The fourth-order valence-corrected chi connectivity index (χ4v) is 4.44. The average Bonchev–Trinajstić information content (AvgIpc) is 2.91. The predicted molar refractivity (Wildman–Crippen MR) is 96.4 cm³/mol. The van der Waals surface area contributed by atoms with Gasteiger partial charge in [0.25, 0.3) is 0 Å². The molecule has 1 aromatic heterocycles. The average molecular weight is 344 g/mol. The molecule has 7 nitrogen and oxygen atoms in total. The maximum absolute atomic E-state index is 13.0. The van der Waals surface area contributed by atoms with Gasteiger partial charge in [0.1, 0.15) is 0 Å². The highest BCUT2D eigenvalue weighted by molar-refractivity contribution is 5.82. The number of carbonyl (C=O) groups is 1. The molecule has 1 aromatic rings. The lowest BCUT2D eigenvalue weighted by molar-refractivity contribution is -0.133. The highest BCUT2D eigenvalue weighted by atomic mass is 16.2. The zero-order valence-corrected chi connectivity index (χ0v) is 14.8. The summed E-state index contributed by atoms with van der Waals surface area (Å²) in [5.74, 6) is 1.05. The molecule has 3 fully saturated rings. The lowest BCUT2D eigenvalue weighted by atomic mass is 9.77. The van der Waals surface area contributed by atoms with Crippen LogP contribution in [-0.4, -0.2) is 72.6 Å². The molecule has 1 spiro atoms. The Bertz CT molecular complexity index is 588. The summed E-state index contributed by atoms with van der Waals surface area (Å²) in [4.78, 5) is 25.9. The van der Waals surface area contributed by atoms with Crippen LogP contribution in [0.25, 0.3) is 0 Å². The van der Waals surface area contributed by atoms with Crippen LogP contribution in [0.3, 0.4) is 0 Å². The highest BCUT2D eigenvalue weighted by Gasteiger charge is 2.43. The molecule has 0 aliphatic carbocycles. The number of rotatable bonds is 2. The maximum atomic E-state index is 13.0. The standard InChI is InChI=1S/C18H28N6O/c25-16(15-13-18(14-22-15)3-7-19-8-4-18)23-9-2-10-24(12-11-23)17-20-5-1-6-21-17/h1,5-6,15,19,22H,2-4,7-14H2/t15-/m1/s1. The third-order valence-electron chi connectivity index (χ3n) is 5.97. The molecule has 0 aromatic carbocycles. The molecule has 7 heteroatoms. The smallest absolute Gasteiger partial charge is 0.239 e. The van der Waals surface area contributed by atoms with Crippen molar-refractivity contribution in [1.82, 2.24) is 25.5 Å². The number of hydrogen-bond acceptors (Lipinski definition) is 6. The van der Waals surface area contributed by atoms with E-state index in [1.165, 1.54) is 12.8 Å². The number of piperidine rings is 1. The molecule has 3 saturated heterocycles. The molecule has 4 rings (SSSR count). The topological polar surface area (TPSA) is 73.4 Å². The minimum Gasteiger partial charge on any atom is -0.340 e. The summed E-state index contributed by atoms with van der Waals surface area (Å²) in [6.07, 6.45) is 7.88. The van der Waals surface area contributed by atoms with Gasteiger partial charge in [-0.1, -0.05) is 0 Å². The zero-order chi connectivity index (χ0) is 17.1. The first-order valence-electron chi connectivity index (χ1n) is 9.51. The summed E-state index contributed by atoms with van der Waals surface area (Å²) in [5, 5.41) is 6.95. The van der Waals surface area contributed by atoms with Gasteiger partial charge >= 0.3 is 0 Å².